The average Bonchev–Trinajstić information content (AvgIpc) is 2.71. The third-order valence-electron chi connectivity index (χ3n) is 2.88. The molecule has 1 fully saturated rings. The highest BCUT2D eigenvalue weighted by Crippen LogP contribution is 2.09. The van der Waals surface area contributed by atoms with E-state index >= 15 is 0 Å². The van der Waals surface area contributed by atoms with Gasteiger partial charge in [0.1, 0.15) is 6.54 Å². The van der Waals surface area contributed by atoms with E-state index in [-0.39, 0.29) is 29.9 Å². The molecule has 8 heteroatoms. The number of carboxylic acids is 1. The molecule has 0 atom stereocenters. The number of carbonyl (C=O) groups is 2. The summed E-state index contributed by atoms with van der Waals surface area (Å²) in [6, 6.07) is 0.105. The van der Waals surface area contributed by atoms with Gasteiger partial charge in [0.2, 0.25) is 5.91 Å². The second kappa shape index (κ2) is 5.70. The van der Waals surface area contributed by atoms with Gasteiger partial charge in [-0.15, -0.1) is 0 Å². The van der Waals surface area contributed by atoms with Crippen molar-refractivity contribution in [2.45, 2.75) is 25.4 Å². The third-order valence-corrected chi connectivity index (χ3v) is 2.88. The molecule has 1 saturated heterocycles. The Balaban J connectivity index is 1.91. The quantitative estimate of drug-likeness (QED) is 0.674. The summed E-state index contributed by atoms with van der Waals surface area (Å²) in [5.74, 6) is -1.42. The minimum atomic E-state index is -1.21. The molecule has 1 aliphatic heterocycles. The molecule has 8 nitrogen and oxygen atoms in total. The number of hydrogen-bond acceptors (Lipinski definition) is 5. The minimum Gasteiger partial charge on any atom is -0.476 e. The molecule has 0 spiro atoms. The lowest BCUT2D eigenvalue weighted by Gasteiger charge is -2.23. The number of amides is 1. The van der Waals surface area contributed by atoms with E-state index in [1.165, 1.54) is 10.9 Å². The molecule has 19 heavy (non-hydrogen) atoms. The molecule has 2 rings (SSSR count). The number of nitrogen functional groups attached to an aromatic ring is 1. The lowest BCUT2D eigenvalue weighted by Crippen LogP contribution is -2.40. The largest absolute Gasteiger partial charge is 0.476 e. The van der Waals surface area contributed by atoms with Gasteiger partial charge in [0, 0.05) is 25.5 Å². The highest BCUT2D eigenvalue weighted by atomic mass is 16.5. The summed E-state index contributed by atoms with van der Waals surface area (Å²) < 4.78 is 6.42. The van der Waals surface area contributed by atoms with Crippen LogP contribution >= 0.6 is 0 Å². The first-order valence-electron chi connectivity index (χ1n) is 5.99. The Kier molecular flexibility index (Phi) is 4.00. The number of aromatic carboxylic acids is 1. The van der Waals surface area contributed by atoms with Gasteiger partial charge in [0.15, 0.2) is 5.69 Å². The van der Waals surface area contributed by atoms with Crippen molar-refractivity contribution in [1.82, 2.24) is 15.1 Å². The van der Waals surface area contributed by atoms with Crippen molar-refractivity contribution in [3.8, 4) is 0 Å². The van der Waals surface area contributed by atoms with Crippen molar-refractivity contribution in [2.24, 2.45) is 0 Å². The Morgan fingerprint density at radius 2 is 2.21 bits per heavy atom. The number of rotatable bonds is 4. The molecule has 1 amide bonds. The van der Waals surface area contributed by atoms with Gasteiger partial charge in [-0.2, -0.15) is 5.10 Å². The maximum absolute atomic E-state index is 11.8. The number of aromatic nitrogens is 2. The van der Waals surface area contributed by atoms with Crippen molar-refractivity contribution in [1.29, 1.82) is 0 Å². The van der Waals surface area contributed by atoms with Crippen LogP contribution < -0.4 is 11.1 Å². The zero-order valence-electron chi connectivity index (χ0n) is 10.3. The Labute approximate surface area is 109 Å². The van der Waals surface area contributed by atoms with E-state index in [2.05, 4.69) is 10.4 Å². The molecule has 1 aromatic rings. The van der Waals surface area contributed by atoms with Gasteiger partial charge in [-0.3, -0.25) is 9.48 Å². The Bertz CT molecular complexity index is 479. The molecule has 0 bridgehead atoms. The fourth-order valence-corrected chi connectivity index (χ4v) is 1.95. The summed E-state index contributed by atoms with van der Waals surface area (Å²) in [4.78, 5) is 22.5. The first-order chi connectivity index (χ1) is 9.06. The van der Waals surface area contributed by atoms with Gasteiger partial charge < -0.3 is 20.9 Å². The fourth-order valence-electron chi connectivity index (χ4n) is 1.95. The monoisotopic (exact) mass is 268 g/mol. The van der Waals surface area contributed by atoms with E-state index in [0.717, 1.165) is 12.8 Å². The van der Waals surface area contributed by atoms with Crippen LogP contribution in [0.3, 0.4) is 0 Å². The second-order valence-corrected chi connectivity index (χ2v) is 4.39. The standard InChI is InChI=1S/C11H16N4O4/c12-8-5-15(14-10(8)11(17)18)6-9(16)13-7-1-3-19-4-2-7/h5,7H,1-4,6,12H2,(H,13,16)(H,17,18). The van der Waals surface area contributed by atoms with Crippen LogP contribution in [0.1, 0.15) is 23.3 Å². The molecule has 4 N–H and O–H groups in total. The summed E-state index contributed by atoms with van der Waals surface area (Å²) in [5.41, 5.74) is 5.30. The van der Waals surface area contributed by atoms with Crippen molar-refractivity contribution < 1.29 is 19.4 Å². The molecule has 0 radical (unpaired) electrons. The first kappa shape index (κ1) is 13.3. The van der Waals surface area contributed by atoms with E-state index in [9.17, 15) is 9.59 Å². The van der Waals surface area contributed by atoms with E-state index < -0.39 is 5.97 Å². The Morgan fingerprint density at radius 3 is 2.79 bits per heavy atom. The second-order valence-electron chi connectivity index (χ2n) is 4.39. The van der Waals surface area contributed by atoms with Gasteiger partial charge >= 0.3 is 5.97 Å². The molecule has 2 heterocycles. The van der Waals surface area contributed by atoms with Crippen LogP contribution in [0.4, 0.5) is 5.69 Å². The van der Waals surface area contributed by atoms with E-state index in [4.69, 9.17) is 15.6 Å². The number of nitrogens with two attached hydrogens (primary N) is 1. The predicted octanol–water partition coefficient (Wildman–Crippen LogP) is -0.541. The number of carboxylic acid groups (broad SMARTS) is 1. The average molecular weight is 268 g/mol. The zero-order chi connectivity index (χ0) is 13.8. The first-order valence-corrected chi connectivity index (χ1v) is 5.99. The molecule has 0 saturated carbocycles. The van der Waals surface area contributed by atoms with Crippen LogP contribution in [0.25, 0.3) is 0 Å². The van der Waals surface area contributed by atoms with E-state index in [1.54, 1.807) is 0 Å². The summed E-state index contributed by atoms with van der Waals surface area (Å²) in [7, 11) is 0. The lowest BCUT2D eigenvalue weighted by atomic mass is 10.1. The van der Waals surface area contributed by atoms with E-state index in [1.807, 2.05) is 0 Å². The molecule has 1 aliphatic rings. The molecule has 0 aromatic carbocycles. The van der Waals surface area contributed by atoms with Crippen LogP contribution in [0, 0.1) is 0 Å². The highest BCUT2D eigenvalue weighted by Gasteiger charge is 2.18. The van der Waals surface area contributed by atoms with Crippen molar-refractivity contribution in [2.75, 3.05) is 18.9 Å². The smallest absolute Gasteiger partial charge is 0.358 e. The van der Waals surface area contributed by atoms with E-state index in [0.29, 0.717) is 13.2 Å². The van der Waals surface area contributed by atoms with Crippen molar-refractivity contribution in [3.05, 3.63) is 11.9 Å². The normalized spacial score (nSPS) is 16.2. The molecular weight excluding hydrogens is 252 g/mol. The highest BCUT2D eigenvalue weighted by molar-refractivity contribution is 5.91. The number of carbonyl (C=O) groups excluding carboxylic acids is 1. The van der Waals surface area contributed by atoms with Gasteiger partial charge in [0.25, 0.3) is 0 Å². The molecule has 1 aromatic heterocycles. The number of nitrogens with one attached hydrogen (secondary N) is 1. The van der Waals surface area contributed by atoms with Gasteiger partial charge in [-0.05, 0) is 12.8 Å². The summed E-state index contributed by atoms with van der Waals surface area (Å²) >= 11 is 0. The summed E-state index contributed by atoms with van der Waals surface area (Å²) in [6.45, 7) is 1.24. The maximum atomic E-state index is 11.8. The lowest BCUT2D eigenvalue weighted by molar-refractivity contribution is -0.123. The number of ether oxygens (including phenoxy) is 1. The van der Waals surface area contributed by atoms with Crippen LogP contribution in [-0.2, 0) is 16.1 Å². The molecular formula is C11H16N4O4. The zero-order valence-corrected chi connectivity index (χ0v) is 10.3. The molecule has 0 unspecified atom stereocenters. The van der Waals surface area contributed by atoms with Crippen LogP contribution in [0.15, 0.2) is 6.20 Å². The van der Waals surface area contributed by atoms with Gasteiger partial charge in [-0.25, -0.2) is 4.79 Å². The van der Waals surface area contributed by atoms with Crippen molar-refractivity contribution >= 4 is 17.6 Å². The summed E-state index contributed by atoms with van der Waals surface area (Å²) in [5, 5.41) is 15.4. The summed E-state index contributed by atoms with van der Waals surface area (Å²) in [6.07, 6.45) is 2.91. The Hall–Kier alpha value is -2.09. The SMILES string of the molecule is Nc1cn(CC(=O)NC2CCOCC2)nc1C(=O)O. The number of anilines is 1. The van der Waals surface area contributed by atoms with Crippen LogP contribution in [0.2, 0.25) is 0 Å². The minimum absolute atomic E-state index is 0.0468. The predicted molar refractivity (Wildman–Crippen MR) is 65.6 cm³/mol. The molecule has 104 valence electrons. The van der Waals surface area contributed by atoms with Gasteiger partial charge in [0.05, 0.1) is 5.69 Å². The topological polar surface area (TPSA) is 119 Å². The van der Waals surface area contributed by atoms with Crippen LogP contribution in [0.5, 0.6) is 0 Å². The third kappa shape index (κ3) is 3.44. The Morgan fingerprint density at radius 1 is 1.53 bits per heavy atom. The van der Waals surface area contributed by atoms with Crippen molar-refractivity contribution in [3.63, 3.8) is 0 Å². The molecule has 0 aliphatic carbocycles. The number of nitrogens with zero attached hydrogens (tertiary/aromatic N) is 2. The van der Waals surface area contributed by atoms with Gasteiger partial charge in [-0.1, -0.05) is 0 Å². The van der Waals surface area contributed by atoms with Crippen LogP contribution in [-0.4, -0.2) is 46.0 Å². The maximum Gasteiger partial charge on any atom is 0.358 e. The number of hydrogen-bond donors (Lipinski definition) is 3. The fraction of sp³-hybridized carbons (Fsp3) is 0.545.